The summed E-state index contributed by atoms with van der Waals surface area (Å²) in [5.41, 5.74) is 3.65. The van der Waals surface area contributed by atoms with Gasteiger partial charge in [-0.25, -0.2) is 4.68 Å². The van der Waals surface area contributed by atoms with E-state index in [9.17, 15) is 4.79 Å². The van der Waals surface area contributed by atoms with Crippen molar-refractivity contribution < 1.29 is 9.53 Å². The largest absolute Gasteiger partial charge is 0.485 e. The maximum Gasteiger partial charge on any atom is 0.272 e. The number of nitrogens with zero attached hydrogens (tertiary/aromatic N) is 4. The zero-order chi connectivity index (χ0) is 21.4. The fourth-order valence-electron chi connectivity index (χ4n) is 4.25. The van der Waals surface area contributed by atoms with Gasteiger partial charge in [0.1, 0.15) is 17.5 Å². The van der Waals surface area contributed by atoms with Crippen LogP contribution in [0.3, 0.4) is 0 Å². The molecule has 3 aromatic rings. The molecule has 0 bridgehead atoms. The fraction of sp³-hybridized carbons (Fsp3) is 0.360. The molecule has 1 amide bonds. The van der Waals surface area contributed by atoms with Crippen molar-refractivity contribution >= 4 is 11.6 Å². The minimum Gasteiger partial charge on any atom is -0.485 e. The monoisotopic (exact) mass is 416 g/mol. The molecule has 6 nitrogen and oxygen atoms in total. The van der Waals surface area contributed by atoms with E-state index in [-0.39, 0.29) is 12.0 Å². The Hall–Kier alpha value is -3.28. The lowest BCUT2D eigenvalue weighted by atomic mass is 10.1. The van der Waals surface area contributed by atoms with Crippen LogP contribution < -0.4 is 9.64 Å². The Morgan fingerprint density at radius 1 is 1.13 bits per heavy atom. The summed E-state index contributed by atoms with van der Waals surface area (Å²) in [6.45, 7) is 4.32. The van der Waals surface area contributed by atoms with Gasteiger partial charge < -0.3 is 14.5 Å². The Balaban J connectivity index is 1.37. The number of rotatable bonds is 6. The average Bonchev–Trinajstić information content (AvgIpc) is 3.57. The first-order chi connectivity index (χ1) is 15.1. The predicted octanol–water partition coefficient (Wildman–Crippen LogP) is 4.11. The van der Waals surface area contributed by atoms with Gasteiger partial charge in [0.25, 0.3) is 5.91 Å². The number of carbonyl (C=O) groups is 1. The molecule has 2 aromatic carbocycles. The van der Waals surface area contributed by atoms with Crippen LogP contribution in [0.25, 0.3) is 5.69 Å². The van der Waals surface area contributed by atoms with Crippen molar-refractivity contribution in [3.8, 4) is 11.4 Å². The molecule has 1 saturated carbocycles. The Morgan fingerprint density at radius 2 is 1.87 bits per heavy atom. The number of carbonyl (C=O) groups excluding carboxylic acids is 1. The second-order valence-electron chi connectivity index (χ2n) is 8.41. The van der Waals surface area contributed by atoms with Crippen molar-refractivity contribution in [3.63, 3.8) is 0 Å². The molecular formula is C25H28N4O2. The molecule has 0 radical (unpaired) electrons. The second kappa shape index (κ2) is 8.10. The topological polar surface area (TPSA) is 50.6 Å². The van der Waals surface area contributed by atoms with Gasteiger partial charge in [-0.3, -0.25) is 4.79 Å². The van der Waals surface area contributed by atoms with Crippen LogP contribution >= 0.6 is 0 Å². The van der Waals surface area contributed by atoms with Gasteiger partial charge in [-0.2, -0.15) is 5.10 Å². The van der Waals surface area contributed by atoms with Crippen molar-refractivity contribution in [3.05, 3.63) is 72.1 Å². The van der Waals surface area contributed by atoms with Crippen LogP contribution in [0.15, 0.2) is 60.7 Å². The van der Waals surface area contributed by atoms with E-state index in [1.165, 1.54) is 0 Å². The SMILES string of the molecule is CCN1C[C@H](CN(C)C(=O)c2cc(C3CC3)nn2-c2ccccc2)Oc2ccccc21. The predicted molar refractivity (Wildman–Crippen MR) is 121 cm³/mol. The molecule has 2 heterocycles. The number of hydrogen-bond donors (Lipinski definition) is 0. The van der Waals surface area contributed by atoms with E-state index < -0.39 is 0 Å². The number of amides is 1. The molecule has 1 aromatic heterocycles. The van der Waals surface area contributed by atoms with Crippen LogP contribution in [0.2, 0.25) is 0 Å². The minimum absolute atomic E-state index is 0.0336. The molecule has 2 aliphatic rings. The van der Waals surface area contributed by atoms with Crippen molar-refractivity contribution in [1.29, 1.82) is 0 Å². The summed E-state index contributed by atoms with van der Waals surface area (Å²) < 4.78 is 8.02. The van der Waals surface area contributed by atoms with Gasteiger partial charge >= 0.3 is 0 Å². The molecule has 0 spiro atoms. The summed E-state index contributed by atoms with van der Waals surface area (Å²) in [6.07, 6.45) is 2.22. The molecular weight excluding hydrogens is 388 g/mol. The fourth-order valence-corrected chi connectivity index (χ4v) is 4.25. The lowest BCUT2D eigenvalue weighted by molar-refractivity contribution is 0.0701. The first-order valence-corrected chi connectivity index (χ1v) is 11.1. The summed E-state index contributed by atoms with van der Waals surface area (Å²) in [7, 11) is 1.85. The standard InChI is InChI=1S/C25H28N4O2/c1-3-28-17-20(31-24-12-8-7-11-22(24)28)16-27(2)25(30)23-15-21(18-13-14-18)26-29(23)19-9-5-4-6-10-19/h4-12,15,18,20H,3,13-14,16-17H2,1-2H3/t20-/m0/s1. The summed E-state index contributed by atoms with van der Waals surface area (Å²) in [5.74, 6) is 1.33. The van der Waals surface area contributed by atoms with Crippen LogP contribution in [0.5, 0.6) is 5.75 Å². The van der Waals surface area contributed by atoms with Gasteiger partial charge in [-0.05, 0) is 50.1 Å². The zero-order valence-electron chi connectivity index (χ0n) is 18.1. The van der Waals surface area contributed by atoms with E-state index in [0.29, 0.717) is 18.2 Å². The third-order valence-electron chi connectivity index (χ3n) is 6.07. The van der Waals surface area contributed by atoms with E-state index in [4.69, 9.17) is 9.84 Å². The van der Waals surface area contributed by atoms with Gasteiger partial charge in [0.05, 0.1) is 30.2 Å². The van der Waals surface area contributed by atoms with Crippen molar-refractivity contribution in [1.82, 2.24) is 14.7 Å². The van der Waals surface area contributed by atoms with Crippen molar-refractivity contribution in [2.75, 3.05) is 31.6 Å². The van der Waals surface area contributed by atoms with Crippen LogP contribution in [0, 0.1) is 0 Å². The molecule has 0 saturated heterocycles. The Morgan fingerprint density at radius 3 is 2.61 bits per heavy atom. The minimum atomic E-state index is -0.0835. The lowest BCUT2D eigenvalue weighted by Crippen LogP contribution is -2.47. The zero-order valence-corrected chi connectivity index (χ0v) is 18.1. The number of likely N-dealkylation sites (N-methyl/N-ethyl adjacent to an activating group) is 2. The molecule has 1 atom stereocenters. The quantitative estimate of drug-likeness (QED) is 0.607. The van der Waals surface area contributed by atoms with Crippen molar-refractivity contribution in [2.24, 2.45) is 0 Å². The second-order valence-corrected chi connectivity index (χ2v) is 8.41. The molecule has 6 heteroatoms. The highest BCUT2D eigenvalue weighted by molar-refractivity contribution is 5.93. The van der Waals surface area contributed by atoms with Gasteiger partial charge in [0, 0.05) is 19.5 Å². The third-order valence-corrected chi connectivity index (χ3v) is 6.07. The highest BCUT2D eigenvalue weighted by Gasteiger charge is 2.31. The van der Waals surface area contributed by atoms with Gasteiger partial charge in [0.2, 0.25) is 0 Å². The normalized spacial score (nSPS) is 17.7. The first-order valence-electron chi connectivity index (χ1n) is 11.1. The van der Waals surface area contributed by atoms with Crippen LogP contribution in [-0.2, 0) is 0 Å². The summed E-state index contributed by atoms with van der Waals surface area (Å²) in [6, 6.07) is 20.0. The maximum atomic E-state index is 13.5. The van der Waals surface area contributed by atoms with Crippen LogP contribution in [-0.4, -0.2) is 53.4 Å². The highest BCUT2D eigenvalue weighted by Crippen LogP contribution is 2.40. The van der Waals surface area contributed by atoms with E-state index in [0.717, 1.165) is 48.7 Å². The maximum absolute atomic E-state index is 13.5. The van der Waals surface area contributed by atoms with E-state index in [2.05, 4.69) is 17.9 Å². The number of benzene rings is 2. The molecule has 1 fully saturated rings. The molecule has 0 unspecified atom stereocenters. The van der Waals surface area contributed by atoms with E-state index in [1.54, 1.807) is 9.58 Å². The summed E-state index contributed by atoms with van der Waals surface area (Å²) in [5, 5.41) is 4.78. The van der Waals surface area contributed by atoms with Crippen LogP contribution in [0.4, 0.5) is 5.69 Å². The smallest absolute Gasteiger partial charge is 0.272 e. The van der Waals surface area contributed by atoms with E-state index >= 15 is 0 Å². The molecule has 5 rings (SSSR count). The molecule has 160 valence electrons. The number of anilines is 1. The Kier molecular flexibility index (Phi) is 5.14. The number of fused-ring (bicyclic) bond motifs is 1. The molecule has 1 aliphatic carbocycles. The number of hydrogen-bond acceptors (Lipinski definition) is 4. The summed E-state index contributed by atoms with van der Waals surface area (Å²) >= 11 is 0. The molecule has 0 N–H and O–H groups in total. The summed E-state index contributed by atoms with van der Waals surface area (Å²) in [4.78, 5) is 17.5. The molecule has 1 aliphatic heterocycles. The lowest BCUT2D eigenvalue weighted by Gasteiger charge is -2.37. The Labute approximate surface area is 183 Å². The number of para-hydroxylation sites is 3. The van der Waals surface area contributed by atoms with Crippen molar-refractivity contribution in [2.45, 2.75) is 31.8 Å². The van der Waals surface area contributed by atoms with Gasteiger partial charge in [-0.15, -0.1) is 0 Å². The Bertz CT molecular complexity index is 1070. The number of ether oxygens (including phenoxy) is 1. The first kappa shape index (κ1) is 19.7. The highest BCUT2D eigenvalue weighted by atomic mass is 16.5. The molecule has 31 heavy (non-hydrogen) atoms. The van der Waals surface area contributed by atoms with Crippen LogP contribution in [0.1, 0.15) is 41.9 Å². The third kappa shape index (κ3) is 3.90. The number of aromatic nitrogens is 2. The van der Waals surface area contributed by atoms with Gasteiger partial charge in [0.15, 0.2) is 0 Å². The average molecular weight is 417 g/mol. The van der Waals surface area contributed by atoms with E-state index in [1.807, 2.05) is 61.6 Å². The van der Waals surface area contributed by atoms with Gasteiger partial charge in [-0.1, -0.05) is 30.3 Å².